The third-order valence-corrected chi connectivity index (χ3v) is 4.33. The van der Waals surface area contributed by atoms with Crippen molar-refractivity contribution in [3.05, 3.63) is 0 Å². The van der Waals surface area contributed by atoms with Crippen LogP contribution in [0.4, 0.5) is 0 Å². The maximum Gasteiger partial charge on any atom is 0.223 e. The van der Waals surface area contributed by atoms with E-state index in [-0.39, 0.29) is 23.3 Å². The summed E-state index contributed by atoms with van der Waals surface area (Å²) in [5.41, 5.74) is 6.23. The lowest BCUT2D eigenvalue weighted by molar-refractivity contribution is -0.126. The number of rotatable bonds is 4. The second-order valence-corrected chi connectivity index (χ2v) is 6.39. The van der Waals surface area contributed by atoms with Gasteiger partial charge in [-0.15, -0.1) is 0 Å². The van der Waals surface area contributed by atoms with Gasteiger partial charge in [0, 0.05) is 18.5 Å². The van der Waals surface area contributed by atoms with E-state index in [4.69, 9.17) is 5.73 Å². The van der Waals surface area contributed by atoms with Crippen LogP contribution in [-0.2, 0) is 4.79 Å². The van der Waals surface area contributed by atoms with Gasteiger partial charge in [0.15, 0.2) is 0 Å². The standard InChI is InChI=1S/C14H28N2O/c1-5-14(3,4)9-16-13(17)11-7-6-10(2)12(15)8-11/h10-12H,5-9,15H2,1-4H3,(H,16,17). The van der Waals surface area contributed by atoms with Crippen LogP contribution in [0.2, 0.25) is 0 Å². The first-order chi connectivity index (χ1) is 7.85. The molecule has 0 saturated heterocycles. The van der Waals surface area contributed by atoms with Crippen molar-refractivity contribution >= 4 is 5.91 Å². The molecule has 3 nitrogen and oxygen atoms in total. The quantitative estimate of drug-likeness (QED) is 0.792. The third kappa shape index (κ3) is 4.30. The van der Waals surface area contributed by atoms with E-state index in [9.17, 15) is 4.79 Å². The maximum absolute atomic E-state index is 12.0. The number of amides is 1. The van der Waals surface area contributed by atoms with Crippen molar-refractivity contribution in [3.8, 4) is 0 Å². The number of nitrogens with one attached hydrogen (secondary N) is 1. The fourth-order valence-electron chi connectivity index (χ4n) is 2.19. The zero-order valence-electron chi connectivity index (χ0n) is 11.8. The van der Waals surface area contributed by atoms with Crippen molar-refractivity contribution in [1.82, 2.24) is 5.32 Å². The van der Waals surface area contributed by atoms with Gasteiger partial charge in [0.2, 0.25) is 5.91 Å². The number of hydrogen-bond donors (Lipinski definition) is 2. The molecular weight excluding hydrogens is 212 g/mol. The summed E-state index contributed by atoms with van der Waals surface area (Å²) in [5.74, 6) is 0.897. The molecule has 1 amide bonds. The molecular formula is C14H28N2O. The molecule has 1 aliphatic rings. The van der Waals surface area contributed by atoms with Crippen LogP contribution in [0.25, 0.3) is 0 Å². The van der Waals surface area contributed by atoms with Gasteiger partial charge in [-0.25, -0.2) is 0 Å². The van der Waals surface area contributed by atoms with Crippen molar-refractivity contribution in [2.75, 3.05) is 6.54 Å². The first-order valence-corrected chi connectivity index (χ1v) is 6.89. The van der Waals surface area contributed by atoms with Crippen molar-refractivity contribution in [2.45, 2.75) is 59.4 Å². The highest BCUT2D eigenvalue weighted by atomic mass is 16.1. The lowest BCUT2D eigenvalue weighted by atomic mass is 9.79. The van der Waals surface area contributed by atoms with Gasteiger partial charge in [-0.05, 0) is 37.0 Å². The summed E-state index contributed by atoms with van der Waals surface area (Å²) in [6, 6.07) is 0.193. The van der Waals surface area contributed by atoms with Gasteiger partial charge in [-0.3, -0.25) is 4.79 Å². The van der Waals surface area contributed by atoms with Crippen LogP contribution in [0.15, 0.2) is 0 Å². The Bertz CT molecular complexity index is 263. The summed E-state index contributed by atoms with van der Waals surface area (Å²) < 4.78 is 0. The van der Waals surface area contributed by atoms with Gasteiger partial charge in [-0.1, -0.05) is 27.7 Å². The Kier molecular flexibility index (Phi) is 4.99. The summed E-state index contributed by atoms with van der Waals surface area (Å²) in [6.07, 6.45) is 4.00. The minimum atomic E-state index is 0.133. The topological polar surface area (TPSA) is 55.1 Å². The normalized spacial score (nSPS) is 30.1. The Hall–Kier alpha value is -0.570. The van der Waals surface area contributed by atoms with Gasteiger partial charge in [0.25, 0.3) is 0 Å². The Morgan fingerprint density at radius 2 is 2.06 bits per heavy atom. The van der Waals surface area contributed by atoms with Crippen LogP contribution < -0.4 is 11.1 Å². The van der Waals surface area contributed by atoms with Crippen LogP contribution in [-0.4, -0.2) is 18.5 Å². The zero-order valence-corrected chi connectivity index (χ0v) is 11.8. The molecule has 1 fully saturated rings. The predicted octanol–water partition coefficient (Wildman–Crippen LogP) is 2.30. The molecule has 0 heterocycles. The maximum atomic E-state index is 12.0. The highest BCUT2D eigenvalue weighted by Crippen LogP contribution is 2.28. The molecule has 1 aliphatic carbocycles. The van der Waals surface area contributed by atoms with Gasteiger partial charge in [-0.2, -0.15) is 0 Å². The van der Waals surface area contributed by atoms with E-state index in [2.05, 4.69) is 33.0 Å². The molecule has 1 rings (SSSR count). The van der Waals surface area contributed by atoms with Gasteiger partial charge >= 0.3 is 0 Å². The Balaban J connectivity index is 2.38. The first kappa shape index (κ1) is 14.5. The zero-order chi connectivity index (χ0) is 13.1. The van der Waals surface area contributed by atoms with E-state index < -0.39 is 0 Å². The summed E-state index contributed by atoms with van der Waals surface area (Å²) in [6.45, 7) is 9.47. The fourth-order valence-corrected chi connectivity index (χ4v) is 2.19. The van der Waals surface area contributed by atoms with Crippen molar-refractivity contribution in [1.29, 1.82) is 0 Å². The van der Waals surface area contributed by atoms with Gasteiger partial charge in [0.1, 0.15) is 0 Å². The molecule has 1 saturated carbocycles. The van der Waals surface area contributed by atoms with Crippen LogP contribution in [0.3, 0.4) is 0 Å². The third-order valence-electron chi connectivity index (χ3n) is 4.33. The summed E-state index contributed by atoms with van der Waals surface area (Å²) in [7, 11) is 0. The predicted molar refractivity (Wildman–Crippen MR) is 71.6 cm³/mol. The second-order valence-electron chi connectivity index (χ2n) is 6.39. The Labute approximate surface area is 106 Å². The fraction of sp³-hybridized carbons (Fsp3) is 0.929. The summed E-state index contributed by atoms with van der Waals surface area (Å²) in [4.78, 5) is 12.0. The number of carbonyl (C=O) groups excluding carboxylic acids is 1. The number of hydrogen-bond acceptors (Lipinski definition) is 2. The highest BCUT2D eigenvalue weighted by molar-refractivity contribution is 5.78. The molecule has 0 aliphatic heterocycles. The molecule has 17 heavy (non-hydrogen) atoms. The Morgan fingerprint density at radius 1 is 1.41 bits per heavy atom. The van der Waals surface area contributed by atoms with E-state index in [1.165, 1.54) is 0 Å². The molecule has 0 radical (unpaired) electrons. The molecule has 0 bridgehead atoms. The summed E-state index contributed by atoms with van der Waals surface area (Å²) >= 11 is 0. The minimum Gasteiger partial charge on any atom is -0.355 e. The van der Waals surface area contributed by atoms with E-state index in [0.717, 1.165) is 32.2 Å². The number of carbonyl (C=O) groups is 1. The lowest BCUT2D eigenvalue weighted by Gasteiger charge is -2.32. The number of nitrogens with two attached hydrogens (primary N) is 1. The van der Waals surface area contributed by atoms with Crippen LogP contribution in [0, 0.1) is 17.3 Å². The molecule has 0 aromatic heterocycles. The van der Waals surface area contributed by atoms with E-state index in [1.807, 2.05) is 0 Å². The molecule has 3 N–H and O–H groups in total. The second kappa shape index (κ2) is 5.85. The lowest BCUT2D eigenvalue weighted by Crippen LogP contribution is -2.43. The minimum absolute atomic E-state index is 0.133. The molecule has 0 aromatic carbocycles. The first-order valence-electron chi connectivity index (χ1n) is 6.89. The smallest absolute Gasteiger partial charge is 0.223 e. The molecule has 100 valence electrons. The van der Waals surface area contributed by atoms with E-state index >= 15 is 0 Å². The van der Waals surface area contributed by atoms with Crippen LogP contribution in [0.5, 0.6) is 0 Å². The van der Waals surface area contributed by atoms with Crippen LogP contribution in [0.1, 0.15) is 53.4 Å². The Morgan fingerprint density at radius 3 is 2.59 bits per heavy atom. The van der Waals surface area contributed by atoms with Crippen LogP contribution >= 0.6 is 0 Å². The molecule has 3 unspecified atom stereocenters. The van der Waals surface area contributed by atoms with Crippen molar-refractivity contribution in [2.24, 2.45) is 23.0 Å². The average Bonchev–Trinajstić information content (AvgIpc) is 2.30. The molecule has 3 atom stereocenters. The van der Waals surface area contributed by atoms with Crippen molar-refractivity contribution < 1.29 is 4.79 Å². The molecule has 0 spiro atoms. The largest absolute Gasteiger partial charge is 0.355 e. The van der Waals surface area contributed by atoms with E-state index in [0.29, 0.717) is 5.92 Å². The highest BCUT2D eigenvalue weighted by Gasteiger charge is 2.30. The SMILES string of the molecule is CCC(C)(C)CNC(=O)C1CCC(C)C(N)C1. The average molecular weight is 240 g/mol. The van der Waals surface area contributed by atoms with E-state index in [1.54, 1.807) is 0 Å². The molecule has 3 heteroatoms. The van der Waals surface area contributed by atoms with Gasteiger partial charge in [0.05, 0.1) is 0 Å². The van der Waals surface area contributed by atoms with Crippen molar-refractivity contribution in [3.63, 3.8) is 0 Å². The monoisotopic (exact) mass is 240 g/mol. The summed E-state index contributed by atoms with van der Waals surface area (Å²) in [5, 5.41) is 3.08. The molecule has 0 aromatic rings. The van der Waals surface area contributed by atoms with Gasteiger partial charge < -0.3 is 11.1 Å².